The molecule has 1 unspecified atom stereocenters. The molecule has 0 spiro atoms. The Labute approximate surface area is 146 Å². The van der Waals surface area contributed by atoms with Crippen LogP contribution in [0.1, 0.15) is 23.4 Å². The molecular formula is C17H23N5OS. The molecule has 2 amide bonds. The molecule has 1 saturated heterocycles. The van der Waals surface area contributed by atoms with Crippen LogP contribution in [0.3, 0.4) is 0 Å². The van der Waals surface area contributed by atoms with Gasteiger partial charge in [0, 0.05) is 19.6 Å². The highest BCUT2D eigenvalue weighted by Gasteiger charge is 2.20. The lowest BCUT2D eigenvalue weighted by Gasteiger charge is -2.32. The molecule has 0 bridgehead atoms. The number of hydrogen-bond acceptors (Lipinski definition) is 5. The second kappa shape index (κ2) is 8.21. The SMILES string of the molecule is Cc1nnc(NC(=O)NCC2CCCN(Cc3ccccc3)C2)s1. The third-order valence-electron chi connectivity index (χ3n) is 4.15. The van der Waals surface area contributed by atoms with Gasteiger partial charge < -0.3 is 5.32 Å². The fourth-order valence-electron chi connectivity index (χ4n) is 3.03. The first-order valence-electron chi connectivity index (χ1n) is 8.30. The average molecular weight is 345 g/mol. The smallest absolute Gasteiger partial charge is 0.321 e. The first-order chi connectivity index (χ1) is 11.7. The molecule has 6 nitrogen and oxygen atoms in total. The van der Waals surface area contributed by atoms with Gasteiger partial charge in [-0.1, -0.05) is 41.7 Å². The van der Waals surface area contributed by atoms with Crippen LogP contribution >= 0.6 is 11.3 Å². The van der Waals surface area contributed by atoms with E-state index in [-0.39, 0.29) is 6.03 Å². The summed E-state index contributed by atoms with van der Waals surface area (Å²) in [6.45, 7) is 5.68. The molecule has 2 aromatic rings. The number of aryl methyl sites for hydroxylation is 1. The van der Waals surface area contributed by atoms with E-state index in [0.29, 0.717) is 17.6 Å². The van der Waals surface area contributed by atoms with Crippen LogP contribution in [-0.4, -0.2) is 40.8 Å². The largest absolute Gasteiger partial charge is 0.337 e. The third kappa shape index (κ3) is 5.01. The van der Waals surface area contributed by atoms with Gasteiger partial charge in [0.15, 0.2) is 0 Å². The maximum absolute atomic E-state index is 11.9. The van der Waals surface area contributed by atoms with Crippen molar-refractivity contribution in [3.8, 4) is 0 Å². The molecular weight excluding hydrogens is 322 g/mol. The molecule has 0 saturated carbocycles. The Morgan fingerprint density at radius 1 is 1.33 bits per heavy atom. The maximum Gasteiger partial charge on any atom is 0.321 e. The zero-order chi connectivity index (χ0) is 16.8. The summed E-state index contributed by atoms with van der Waals surface area (Å²) in [7, 11) is 0. The highest BCUT2D eigenvalue weighted by molar-refractivity contribution is 7.15. The summed E-state index contributed by atoms with van der Waals surface area (Å²) in [6, 6.07) is 10.3. The zero-order valence-electron chi connectivity index (χ0n) is 13.9. The van der Waals surface area contributed by atoms with E-state index in [1.807, 2.05) is 13.0 Å². The molecule has 24 heavy (non-hydrogen) atoms. The molecule has 1 fully saturated rings. The minimum absolute atomic E-state index is 0.202. The lowest BCUT2D eigenvalue weighted by Crippen LogP contribution is -2.41. The van der Waals surface area contributed by atoms with E-state index in [1.54, 1.807) is 0 Å². The monoisotopic (exact) mass is 345 g/mol. The average Bonchev–Trinajstić information content (AvgIpc) is 2.99. The zero-order valence-corrected chi connectivity index (χ0v) is 14.7. The van der Waals surface area contributed by atoms with Gasteiger partial charge in [0.1, 0.15) is 5.01 Å². The van der Waals surface area contributed by atoms with E-state index in [1.165, 1.54) is 23.3 Å². The summed E-state index contributed by atoms with van der Waals surface area (Å²) < 4.78 is 0. The first-order valence-corrected chi connectivity index (χ1v) is 9.12. The molecule has 128 valence electrons. The molecule has 1 aliphatic heterocycles. The van der Waals surface area contributed by atoms with Crippen molar-refractivity contribution in [1.29, 1.82) is 0 Å². The van der Waals surface area contributed by atoms with Crippen molar-refractivity contribution in [2.24, 2.45) is 5.92 Å². The summed E-state index contributed by atoms with van der Waals surface area (Å²) >= 11 is 1.38. The quantitative estimate of drug-likeness (QED) is 0.874. The van der Waals surface area contributed by atoms with Crippen molar-refractivity contribution < 1.29 is 4.79 Å². The molecule has 0 radical (unpaired) electrons. The highest BCUT2D eigenvalue weighted by atomic mass is 32.1. The number of carbonyl (C=O) groups is 1. The van der Waals surface area contributed by atoms with Crippen LogP contribution in [0, 0.1) is 12.8 Å². The van der Waals surface area contributed by atoms with E-state index in [0.717, 1.165) is 31.1 Å². The number of benzene rings is 1. The summed E-state index contributed by atoms with van der Waals surface area (Å²) in [4.78, 5) is 14.4. The number of hydrogen-bond donors (Lipinski definition) is 2. The number of piperidine rings is 1. The van der Waals surface area contributed by atoms with E-state index in [9.17, 15) is 4.79 Å². The second-order valence-corrected chi connectivity index (χ2v) is 7.37. The van der Waals surface area contributed by atoms with E-state index < -0.39 is 0 Å². The van der Waals surface area contributed by atoms with Crippen LogP contribution in [0.15, 0.2) is 30.3 Å². The Balaban J connectivity index is 1.42. The normalized spacial score (nSPS) is 18.3. The van der Waals surface area contributed by atoms with Crippen LogP contribution in [0.25, 0.3) is 0 Å². The Hall–Kier alpha value is -1.99. The number of carbonyl (C=O) groups excluding carboxylic acids is 1. The number of nitrogens with zero attached hydrogens (tertiary/aromatic N) is 3. The fraction of sp³-hybridized carbons (Fsp3) is 0.471. The van der Waals surface area contributed by atoms with Gasteiger partial charge in [-0.3, -0.25) is 10.2 Å². The van der Waals surface area contributed by atoms with Gasteiger partial charge in [-0.25, -0.2) is 4.79 Å². The number of aromatic nitrogens is 2. The molecule has 0 aliphatic carbocycles. The van der Waals surface area contributed by atoms with Crippen molar-refractivity contribution >= 4 is 22.5 Å². The molecule has 1 atom stereocenters. The number of likely N-dealkylation sites (tertiary alicyclic amines) is 1. The molecule has 1 aromatic carbocycles. The lowest BCUT2D eigenvalue weighted by atomic mass is 9.97. The molecule has 2 heterocycles. The van der Waals surface area contributed by atoms with Gasteiger partial charge in [0.05, 0.1) is 0 Å². The van der Waals surface area contributed by atoms with Gasteiger partial charge in [0.2, 0.25) is 5.13 Å². The lowest BCUT2D eigenvalue weighted by molar-refractivity contribution is 0.166. The minimum atomic E-state index is -0.202. The molecule has 7 heteroatoms. The summed E-state index contributed by atoms with van der Waals surface area (Å²) in [5.41, 5.74) is 1.34. The minimum Gasteiger partial charge on any atom is -0.337 e. The van der Waals surface area contributed by atoms with E-state index in [2.05, 4.69) is 50.0 Å². The van der Waals surface area contributed by atoms with E-state index >= 15 is 0 Å². The fourth-order valence-corrected chi connectivity index (χ4v) is 3.62. The summed E-state index contributed by atoms with van der Waals surface area (Å²) in [5.74, 6) is 0.490. The van der Waals surface area contributed by atoms with Crippen LogP contribution in [0.4, 0.5) is 9.93 Å². The van der Waals surface area contributed by atoms with Crippen molar-refractivity contribution in [2.45, 2.75) is 26.3 Å². The number of amides is 2. The molecule has 1 aromatic heterocycles. The van der Waals surface area contributed by atoms with Gasteiger partial charge in [-0.15, -0.1) is 10.2 Å². The van der Waals surface area contributed by atoms with Gasteiger partial charge in [-0.2, -0.15) is 0 Å². The van der Waals surface area contributed by atoms with Crippen LogP contribution < -0.4 is 10.6 Å². The van der Waals surface area contributed by atoms with Crippen molar-refractivity contribution in [1.82, 2.24) is 20.4 Å². The molecule has 3 rings (SSSR count). The molecule has 1 aliphatic rings. The van der Waals surface area contributed by atoms with Crippen molar-refractivity contribution in [2.75, 3.05) is 25.0 Å². The highest BCUT2D eigenvalue weighted by Crippen LogP contribution is 2.18. The van der Waals surface area contributed by atoms with Crippen LogP contribution in [0.5, 0.6) is 0 Å². The Morgan fingerprint density at radius 2 is 2.17 bits per heavy atom. The topological polar surface area (TPSA) is 70.1 Å². The van der Waals surface area contributed by atoms with E-state index in [4.69, 9.17) is 0 Å². The third-order valence-corrected chi connectivity index (χ3v) is 4.90. The predicted octanol–water partition coefficient (Wildman–Crippen LogP) is 2.88. The molecule has 2 N–H and O–H groups in total. The van der Waals surface area contributed by atoms with Crippen LogP contribution in [-0.2, 0) is 6.54 Å². The summed E-state index contributed by atoms with van der Waals surface area (Å²) in [6.07, 6.45) is 2.33. The first kappa shape index (κ1) is 16.9. The summed E-state index contributed by atoms with van der Waals surface area (Å²) in [5, 5.41) is 14.9. The van der Waals surface area contributed by atoms with Crippen molar-refractivity contribution in [3.05, 3.63) is 40.9 Å². The van der Waals surface area contributed by atoms with Crippen LogP contribution in [0.2, 0.25) is 0 Å². The number of anilines is 1. The van der Waals surface area contributed by atoms with Crippen molar-refractivity contribution in [3.63, 3.8) is 0 Å². The maximum atomic E-state index is 11.9. The predicted molar refractivity (Wildman–Crippen MR) is 96.1 cm³/mol. The van der Waals surface area contributed by atoms with Gasteiger partial charge in [0.25, 0.3) is 0 Å². The van der Waals surface area contributed by atoms with Gasteiger partial charge in [-0.05, 0) is 37.8 Å². The number of urea groups is 1. The standard InChI is InChI=1S/C17H23N5OS/c1-13-20-21-17(24-13)19-16(23)18-10-15-8-5-9-22(12-15)11-14-6-3-2-4-7-14/h2-4,6-7,15H,5,8-12H2,1H3,(H2,18,19,21,23). The Kier molecular flexibility index (Phi) is 5.77. The number of rotatable bonds is 5. The van der Waals surface area contributed by atoms with Gasteiger partial charge >= 0.3 is 6.03 Å². The Bertz CT molecular complexity index is 660. The number of nitrogens with one attached hydrogen (secondary N) is 2. The second-order valence-electron chi connectivity index (χ2n) is 6.19. The Morgan fingerprint density at radius 3 is 2.92 bits per heavy atom.